The molecule has 0 aliphatic rings. The van der Waals surface area contributed by atoms with Crippen LogP contribution >= 0.6 is 0 Å². The molecule has 10 aromatic rings. The van der Waals surface area contributed by atoms with Crippen molar-refractivity contribution in [2.45, 2.75) is 20.8 Å². The fourth-order valence-corrected chi connectivity index (χ4v) is 9.27. The van der Waals surface area contributed by atoms with Gasteiger partial charge in [-0.2, -0.15) is 0 Å². The van der Waals surface area contributed by atoms with Crippen LogP contribution in [-0.4, -0.2) is 0 Å². The molecular formula is C59H44. The maximum Gasteiger partial charge on any atom is -0.00322 e. The molecule has 280 valence electrons. The van der Waals surface area contributed by atoms with Crippen LogP contribution in [0.1, 0.15) is 16.7 Å². The summed E-state index contributed by atoms with van der Waals surface area (Å²) in [4.78, 5) is 0. The van der Waals surface area contributed by atoms with Gasteiger partial charge in [-0.05, 0) is 183 Å². The van der Waals surface area contributed by atoms with Crippen molar-refractivity contribution < 1.29 is 0 Å². The Hall–Kier alpha value is -7.28. The summed E-state index contributed by atoms with van der Waals surface area (Å²) < 4.78 is 0. The maximum absolute atomic E-state index is 4.76. The Morgan fingerprint density at radius 1 is 0.254 bits per heavy atom. The number of hydrogen-bond acceptors (Lipinski definition) is 0. The molecule has 0 unspecified atom stereocenters. The Balaban J connectivity index is 1.11. The van der Waals surface area contributed by atoms with Gasteiger partial charge in [-0.1, -0.05) is 165 Å². The van der Waals surface area contributed by atoms with Gasteiger partial charge in [-0.25, -0.2) is 0 Å². The predicted molar refractivity (Wildman–Crippen MR) is 256 cm³/mol. The van der Waals surface area contributed by atoms with Crippen molar-refractivity contribution >= 4 is 45.5 Å². The lowest BCUT2D eigenvalue weighted by molar-refractivity contribution is 1.41. The molecule has 0 heterocycles. The van der Waals surface area contributed by atoms with Crippen LogP contribution in [0.15, 0.2) is 188 Å². The molecule has 0 fully saturated rings. The molecule has 0 N–H and O–H groups in total. The summed E-state index contributed by atoms with van der Waals surface area (Å²) in [5, 5.41) is 9.44. The standard InChI is InChI=1S/C59H44/c1-37-29-47(44-21-16-22-45(31-44)50-33-48(42-17-8-6-9-18-42)32-49(34-50)43-19-10-7-11-20-43)35-51(30-37)59-41(5)40(4)58(55-25-14-15-26-56(55)59)46-27-28-53-39(3)38(2)52-23-12-13-24-54(52)57(53)36-46/h6-36H,4-5H2,1-3H3. The first-order chi connectivity index (χ1) is 28.8. The normalized spacial score (nSPS) is 11.4. The van der Waals surface area contributed by atoms with Crippen LogP contribution in [0, 0.1) is 20.8 Å². The van der Waals surface area contributed by atoms with Gasteiger partial charge in [0.1, 0.15) is 0 Å². The van der Waals surface area contributed by atoms with Gasteiger partial charge in [0.25, 0.3) is 0 Å². The van der Waals surface area contributed by atoms with E-state index >= 15 is 0 Å². The monoisotopic (exact) mass is 752 g/mol. The van der Waals surface area contributed by atoms with Crippen LogP contribution in [0.2, 0.25) is 0 Å². The average molecular weight is 753 g/mol. The van der Waals surface area contributed by atoms with E-state index in [2.05, 4.69) is 209 Å². The average Bonchev–Trinajstić information content (AvgIpc) is 3.29. The SMILES string of the molecule is C=c1c(-c2cc(C)cc(-c3cccc(-c4cc(-c5ccccc5)cc(-c5ccccc5)c4)c3)c2)c2ccccc2c(-c2ccc3c(C)c(C)c4ccccc4c3c2)c1=C. The second-order valence-corrected chi connectivity index (χ2v) is 16.0. The summed E-state index contributed by atoms with van der Waals surface area (Å²) in [6.07, 6.45) is 0. The van der Waals surface area contributed by atoms with Crippen LogP contribution in [0.25, 0.3) is 112 Å². The van der Waals surface area contributed by atoms with Gasteiger partial charge in [0.05, 0.1) is 0 Å². The molecule has 59 heavy (non-hydrogen) atoms. The van der Waals surface area contributed by atoms with Crippen molar-refractivity contribution in [2.75, 3.05) is 0 Å². The molecule has 0 spiro atoms. The van der Waals surface area contributed by atoms with Crippen molar-refractivity contribution in [3.05, 3.63) is 215 Å². The summed E-state index contributed by atoms with van der Waals surface area (Å²) in [6, 6.07) is 68.7. The fourth-order valence-electron chi connectivity index (χ4n) is 9.27. The van der Waals surface area contributed by atoms with Gasteiger partial charge >= 0.3 is 0 Å². The zero-order valence-electron chi connectivity index (χ0n) is 33.8. The maximum atomic E-state index is 4.76. The molecule has 0 nitrogen and oxygen atoms in total. The van der Waals surface area contributed by atoms with E-state index in [0.29, 0.717) is 0 Å². The highest BCUT2D eigenvalue weighted by atomic mass is 14.2. The summed E-state index contributed by atoms with van der Waals surface area (Å²) >= 11 is 0. The molecule has 10 aromatic carbocycles. The predicted octanol–water partition coefficient (Wildman–Crippen LogP) is 14.9. The quantitative estimate of drug-likeness (QED) is 0.148. The van der Waals surface area contributed by atoms with Gasteiger partial charge in [-0.15, -0.1) is 0 Å². The smallest absolute Gasteiger partial charge is 0.00322 e. The van der Waals surface area contributed by atoms with Crippen LogP contribution in [-0.2, 0) is 0 Å². The molecule has 0 amide bonds. The zero-order valence-corrected chi connectivity index (χ0v) is 33.8. The minimum atomic E-state index is 0.959. The third kappa shape index (κ3) is 6.35. The van der Waals surface area contributed by atoms with Crippen molar-refractivity contribution in [3.8, 4) is 66.8 Å². The van der Waals surface area contributed by atoms with E-state index in [1.165, 1.54) is 93.5 Å². The molecule has 0 aromatic heterocycles. The number of aryl methyl sites for hydroxylation is 3. The lowest BCUT2D eigenvalue weighted by Gasteiger charge is -2.18. The van der Waals surface area contributed by atoms with E-state index < -0.39 is 0 Å². The molecule has 0 saturated carbocycles. The van der Waals surface area contributed by atoms with Gasteiger partial charge < -0.3 is 0 Å². The minimum Gasteiger partial charge on any atom is -0.0905 e. The van der Waals surface area contributed by atoms with Crippen LogP contribution in [0.3, 0.4) is 0 Å². The number of fused-ring (bicyclic) bond motifs is 4. The van der Waals surface area contributed by atoms with Crippen LogP contribution < -0.4 is 10.4 Å². The van der Waals surface area contributed by atoms with E-state index in [9.17, 15) is 0 Å². The summed E-state index contributed by atoms with van der Waals surface area (Å²) in [6.45, 7) is 16.2. The molecule has 0 saturated heterocycles. The van der Waals surface area contributed by atoms with Crippen molar-refractivity contribution in [3.63, 3.8) is 0 Å². The Labute approximate surface area is 346 Å². The molecule has 0 radical (unpaired) electrons. The van der Waals surface area contributed by atoms with E-state index in [0.717, 1.165) is 32.7 Å². The largest absolute Gasteiger partial charge is 0.0905 e. The van der Waals surface area contributed by atoms with Gasteiger partial charge in [0.15, 0.2) is 0 Å². The van der Waals surface area contributed by atoms with Gasteiger partial charge in [-0.3, -0.25) is 0 Å². The van der Waals surface area contributed by atoms with Crippen molar-refractivity contribution in [1.29, 1.82) is 0 Å². The number of hydrogen-bond donors (Lipinski definition) is 0. The molecule has 0 atom stereocenters. The van der Waals surface area contributed by atoms with E-state index in [1.807, 2.05) is 0 Å². The summed E-state index contributed by atoms with van der Waals surface area (Å²) in [5.74, 6) is 0. The first-order valence-electron chi connectivity index (χ1n) is 20.5. The Morgan fingerprint density at radius 2 is 0.644 bits per heavy atom. The van der Waals surface area contributed by atoms with Crippen LogP contribution in [0.5, 0.6) is 0 Å². The second kappa shape index (κ2) is 14.6. The number of benzene rings is 10. The highest BCUT2D eigenvalue weighted by Gasteiger charge is 2.17. The molecular weight excluding hydrogens is 709 g/mol. The first kappa shape index (κ1) is 36.1. The third-order valence-electron chi connectivity index (χ3n) is 12.4. The van der Waals surface area contributed by atoms with E-state index in [4.69, 9.17) is 13.2 Å². The molecule has 0 aliphatic heterocycles. The fraction of sp³-hybridized carbons (Fsp3) is 0.0508. The molecule has 10 rings (SSSR count). The lowest BCUT2D eigenvalue weighted by atomic mass is 9.86. The minimum absolute atomic E-state index is 0.959. The Kier molecular flexibility index (Phi) is 8.92. The topological polar surface area (TPSA) is 0 Å². The first-order valence-corrected chi connectivity index (χ1v) is 20.5. The second-order valence-electron chi connectivity index (χ2n) is 16.0. The van der Waals surface area contributed by atoms with E-state index in [-0.39, 0.29) is 0 Å². The van der Waals surface area contributed by atoms with Crippen molar-refractivity contribution in [2.24, 2.45) is 0 Å². The van der Waals surface area contributed by atoms with Crippen LogP contribution in [0.4, 0.5) is 0 Å². The molecule has 0 aliphatic carbocycles. The third-order valence-corrected chi connectivity index (χ3v) is 12.4. The summed E-state index contributed by atoms with van der Waals surface area (Å²) in [5.41, 5.74) is 18.0. The highest BCUT2D eigenvalue weighted by Crippen LogP contribution is 2.39. The van der Waals surface area contributed by atoms with Gasteiger partial charge in [0.2, 0.25) is 0 Å². The van der Waals surface area contributed by atoms with Crippen molar-refractivity contribution in [1.82, 2.24) is 0 Å². The lowest BCUT2D eigenvalue weighted by Crippen LogP contribution is -2.27. The van der Waals surface area contributed by atoms with Gasteiger partial charge in [0, 0.05) is 0 Å². The highest BCUT2D eigenvalue weighted by molar-refractivity contribution is 6.13. The van der Waals surface area contributed by atoms with E-state index in [1.54, 1.807) is 0 Å². The molecule has 0 bridgehead atoms. The zero-order chi connectivity index (χ0) is 40.2. The Morgan fingerprint density at radius 3 is 1.22 bits per heavy atom. The molecule has 0 heteroatoms. The Bertz CT molecular complexity index is 3310. The summed E-state index contributed by atoms with van der Waals surface area (Å²) in [7, 11) is 0. The number of rotatable bonds is 6.